The third-order valence-electron chi connectivity index (χ3n) is 10.7. The lowest BCUT2D eigenvalue weighted by Crippen LogP contribution is -2.46. The van der Waals surface area contributed by atoms with Gasteiger partial charge in [-0.2, -0.15) is 0 Å². The molecule has 0 aliphatic carbocycles. The SMILES string of the molecule is COc1cc(CN2CCC(CCN3CCC(N(Cc4cccnc4)c4nc5ccccc5[nH]4)CC3)(Cc3ccccc3)C2=O)cc(OC)c1OC. The van der Waals surface area contributed by atoms with Crippen molar-refractivity contribution in [3.63, 3.8) is 0 Å². The van der Waals surface area contributed by atoms with Crippen molar-refractivity contribution in [1.29, 1.82) is 0 Å². The summed E-state index contributed by atoms with van der Waals surface area (Å²) in [5, 5.41) is 0. The zero-order valence-electron chi connectivity index (χ0n) is 29.9. The molecule has 4 heterocycles. The molecule has 1 unspecified atom stereocenters. The molecular weight excluding hydrogens is 640 g/mol. The zero-order valence-corrected chi connectivity index (χ0v) is 29.9. The lowest BCUT2D eigenvalue weighted by atomic mass is 9.77. The van der Waals surface area contributed by atoms with E-state index in [1.807, 2.05) is 53.7 Å². The van der Waals surface area contributed by atoms with E-state index in [1.54, 1.807) is 21.3 Å². The number of amides is 1. The molecule has 10 nitrogen and oxygen atoms in total. The Balaban J connectivity index is 1.05. The summed E-state index contributed by atoms with van der Waals surface area (Å²) in [6.07, 6.45) is 8.18. The first-order chi connectivity index (χ1) is 25.0. The summed E-state index contributed by atoms with van der Waals surface area (Å²) < 4.78 is 16.7. The number of carbonyl (C=O) groups excluding carboxylic acids is 1. The van der Waals surface area contributed by atoms with E-state index in [4.69, 9.17) is 19.2 Å². The zero-order chi connectivity index (χ0) is 35.2. The van der Waals surface area contributed by atoms with E-state index in [-0.39, 0.29) is 5.91 Å². The lowest BCUT2D eigenvalue weighted by Gasteiger charge is -2.39. The lowest BCUT2D eigenvalue weighted by molar-refractivity contribution is -0.137. The van der Waals surface area contributed by atoms with Crippen molar-refractivity contribution in [1.82, 2.24) is 24.8 Å². The Morgan fingerprint density at radius 2 is 1.59 bits per heavy atom. The number of nitrogens with one attached hydrogen (secondary N) is 1. The van der Waals surface area contributed by atoms with Crippen molar-refractivity contribution in [3.8, 4) is 17.2 Å². The monoisotopic (exact) mass is 688 g/mol. The molecule has 1 N–H and O–H groups in total. The molecule has 3 aromatic carbocycles. The van der Waals surface area contributed by atoms with Gasteiger partial charge >= 0.3 is 0 Å². The molecule has 7 rings (SSSR count). The molecule has 2 fully saturated rings. The van der Waals surface area contributed by atoms with Crippen LogP contribution in [0.4, 0.5) is 5.95 Å². The first-order valence-electron chi connectivity index (χ1n) is 17.9. The number of benzene rings is 3. The van der Waals surface area contributed by atoms with E-state index in [9.17, 15) is 4.79 Å². The van der Waals surface area contributed by atoms with Crippen LogP contribution >= 0.6 is 0 Å². The number of likely N-dealkylation sites (tertiary alicyclic amines) is 2. The Bertz CT molecular complexity index is 1850. The highest BCUT2D eigenvalue weighted by Crippen LogP contribution is 2.42. The van der Waals surface area contributed by atoms with Gasteiger partial charge in [0.25, 0.3) is 0 Å². The van der Waals surface area contributed by atoms with Gasteiger partial charge < -0.3 is 33.9 Å². The van der Waals surface area contributed by atoms with Crippen LogP contribution in [0.2, 0.25) is 0 Å². The minimum atomic E-state index is -0.459. The molecule has 51 heavy (non-hydrogen) atoms. The van der Waals surface area contributed by atoms with Gasteiger partial charge in [-0.1, -0.05) is 48.5 Å². The smallest absolute Gasteiger partial charge is 0.229 e. The highest BCUT2D eigenvalue weighted by molar-refractivity contribution is 5.85. The Morgan fingerprint density at radius 1 is 0.863 bits per heavy atom. The van der Waals surface area contributed by atoms with Crippen LogP contribution in [-0.2, 0) is 24.3 Å². The van der Waals surface area contributed by atoms with Crippen molar-refractivity contribution < 1.29 is 19.0 Å². The Labute approximate surface area is 300 Å². The van der Waals surface area contributed by atoms with Gasteiger partial charge in [0.05, 0.1) is 37.8 Å². The molecule has 10 heteroatoms. The molecule has 2 aliphatic heterocycles. The summed E-state index contributed by atoms with van der Waals surface area (Å²) in [6, 6.07) is 27.0. The fourth-order valence-electron chi connectivity index (χ4n) is 7.93. The standard InChI is InChI=1S/C41H48N6O4/c1-49-36-24-32(25-37(50-2)38(36)51-3)28-46-23-18-41(39(46)48,26-30-10-5-4-6-11-30)17-22-45-20-15-33(16-21-45)47(29-31-12-9-19-42-27-31)40-43-34-13-7-8-14-35(34)44-40/h4-14,19,24-25,27,33H,15-18,20-23,26,28-29H2,1-3H3,(H,43,44). The summed E-state index contributed by atoms with van der Waals surface area (Å²) in [5.41, 5.74) is 4.89. The van der Waals surface area contributed by atoms with Crippen LogP contribution in [0.25, 0.3) is 11.0 Å². The van der Waals surface area contributed by atoms with Gasteiger partial charge in [0.1, 0.15) is 0 Å². The third kappa shape index (κ3) is 7.51. The summed E-state index contributed by atoms with van der Waals surface area (Å²) in [5.74, 6) is 2.87. The predicted octanol–water partition coefficient (Wildman–Crippen LogP) is 6.51. The van der Waals surface area contributed by atoms with Crippen molar-refractivity contribution in [3.05, 3.63) is 108 Å². The van der Waals surface area contributed by atoms with Crippen molar-refractivity contribution in [2.24, 2.45) is 5.41 Å². The molecule has 2 aromatic heterocycles. The normalized spacial score (nSPS) is 18.3. The fraction of sp³-hybridized carbons (Fsp3) is 0.390. The predicted molar refractivity (Wildman–Crippen MR) is 199 cm³/mol. The van der Waals surface area contributed by atoms with Gasteiger partial charge in [-0.05, 0) is 85.7 Å². The largest absolute Gasteiger partial charge is 0.493 e. The number of rotatable bonds is 14. The number of fused-ring (bicyclic) bond motifs is 1. The topological polar surface area (TPSA) is 96.1 Å². The second-order valence-electron chi connectivity index (χ2n) is 13.8. The van der Waals surface area contributed by atoms with Crippen LogP contribution in [0.5, 0.6) is 17.2 Å². The maximum Gasteiger partial charge on any atom is 0.229 e. The maximum absolute atomic E-state index is 14.5. The second-order valence-corrected chi connectivity index (χ2v) is 13.8. The Kier molecular flexibility index (Phi) is 10.4. The van der Waals surface area contributed by atoms with Gasteiger partial charge in [0, 0.05) is 51.2 Å². The summed E-state index contributed by atoms with van der Waals surface area (Å²) >= 11 is 0. The van der Waals surface area contributed by atoms with E-state index >= 15 is 0 Å². The van der Waals surface area contributed by atoms with Gasteiger partial charge in [0.2, 0.25) is 17.6 Å². The molecule has 266 valence electrons. The number of hydrogen-bond acceptors (Lipinski definition) is 8. The molecule has 0 radical (unpaired) electrons. The number of ether oxygens (including phenoxy) is 3. The first-order valence-corrected chi connectivity index (χ1v) is 17.9. The van der Waals surface area contributed by atoms with Crippen LogP contribution in [-0.4, -0.2) is 84.2 Å². The highest BCUT2D eigenvalue weighted by atomic mass is 16.5. The van der Waals surface area contributed by atoms with Crippen molar-refractivity contribution in [2.45, 2.75) is 51.2 Å². The number of nitrogens with zero attached hydrogens (tertiary/aromatic N) is 5. The molecule has 5 aromatic rings. The molecule has 0 saturated carbocycles. The van der Waals surface area contributed by atoms with E-state index in [2.05, 4.69) is 62.2 Å². The molecule has 0 bridgehead atoms. The molecule has 1 atom stereocenters. The third-order valence-corrected chi connectivity index (χ3v) is 10.7. The van der Waals surface area contributed by atoms with Crippen LogP contribution in [0.1, 0.15) is 42.4 Å². The summed E-state index contributed by atoms with van der Waals surface area (Å²) in [6.45, 7) is 4.78. The minimum absolute atomic E-state index is 0.225. The maximum atomic E-state index is 14.5. The number of H-pyrrole nitrogens is 1. The van der Waals surface area contributed by atoms with Gasteiger partial charge in [-0.15, -0.1) is 0 Å². The number of methoxy groups -OCH3 is 3. The van der Waals surface area contributed by atoms with Crippen LogP contribution in [0, 0.1) is 5.41 Å². The fourth-order valence-corrected chi connectivity index (χ4v) is 7.93. The van der Waals surface area contributed by atoms with E-state index < -0.39 is 5.41 Å². The molecule has 0 spiro atoms. The molecule has 2 saturated heterocycles. The average molecular weight is 689 g/mol. The number of pyridine rings is 1. The van der Waals surface area contributed by atoms with Gasteiger partial charge in [-0.25, -0.2) is 4.98 Å². The highest BCUT2D eigenvalue weighted by Gasteiger charge is 2.46. The Morgan fingerprint density at radius 3 is 2.27 bits per heavy atom. The number of carbonyl (C=O) groups is 1. The number of aromatic nitrogens is 3. The van der Waals surface area contributed by atoms with Crippen molar-refractivity contribution >= 4 is 22.9 Å². The first kappa shape index (κ1) is 34.4. The summed E-state index contributed by atoms with van der Waals surface area (Å²) in [7, 11) is 4.84. The number of piperidine rings is 1. The average Bonchev–Trinajstić information content (AvgIpc) is 3.74. The van der Waals surface area contributed by atoms with Crippen LogP contribution in [0.3, 0.4) is 0 Å². The van der Waals surface area contributed by atoms with Crippen LogP contribution in [0.15, 0.2) is 91.3 Å². The van der Waals surface area contributed by atoms with Gasteiger partial charge in [-0.3, -0.25) is 9.78 Å². The number of imidazole rings is 1. The number of aromatic amines is 1. The summed E-state index contributed by atoms with van der Waals surface area (Å²) in [4.78, 5) is 34.4. The van der Waals surface area contributed by atoms with Crippen LogP contribution < -0.4 is 19.1 Å². The number of para-hydroxylation sites is 2. The quantitative estimate of drug-likeness (QED) is 0.141. The van der Waals surface area contributed by atoms with E-state index in [0.717, 1.165) is 80.8 Å². The van der Waals surface area contributed by atoms with Gasteiger partial charge in [0.15, 0.2) is 11.5 Å². The number of hydrogen-bond donors (Lipinski definition) is 1. The van der Waals surface area contributed by atoms with E-state index in [0.29, 0.717) is 36.4 Å². The van der Waals surface area contributed by atoms with Crippen molar-refractivity contribution in [2.75, 3.05) is 52.4 Å². The molecule has 1 amide bonds. The van der Waals surface area contributed by atoms with E-state index in [1.165, 1.54) is 11.1 Å². The Hall–Kier alpha value is -5.09. The molecule has 2 aliphatic rings. The number of anilines is 1. The minimum Gasteiger partial charge on any atom is -0.493 e. The molecular formula is C41H48N6O4. The second kappa shape index (κ2) is 15.4.